The molecule has 110 valence electrons. The van der Waals surface area contributed by atoms with Crippen molar-refractivity contribution in [1.82, 2.24) is 0 Å². The van der Waals surface area contributed by atoms with Gasteiger partial charge in [-0.15, -0.1) is 0 Å². The van der Waals surface area contributed by atoms with Gasteiger partial charge in [-0.1, -0.05) is 25.0 Å². The van der Waals surface area contributed by atoms with Crippen LogP contribution in [0.25, 0.3) is 0 Å². The van der Waals surface area contributed by atoms with Crippen LogP contribution in [0.1, 0.15) is 44.1 Å². The van der Waals surface area contributed by atoms with E-state index in [0.29, 0.717) is 6.61 Å². The van der Waals surface area contributed by atoms with Gasteiger partial charge in [0.25, 0.3) is 0 Å². The van der Waals surface area contributed by atoms with Gasteiger partial charge in [0.2, 0.25) is 0 Å². The second kappa shape index (κ2) is 6.15. The van der Waals surface area contributed by atoms with Gasteiger partial charge >= 0.3 is 0 Å². The Balaban J connectivity index is 1.67. The number of hydrogen-bond acceptors (Lipinski definition) is 3. The predicted octanol–water partition coefficient (Wildman–Crippen LogP) is 3.01. The number of rotatable bonds is 4. The van der Waals surface area contributed by atoms with Crippen molar-refractivity contribution in [2.45, 2.75) is 50.0 Å². The van der Waals surface area contributed by atoms with Crippen molar-refractivity contribution in [3.63, 3.8) is 0 Å². The van der Waals surface area contributed by atoms with E-state index in [0.717, 1.165) is 31.7 Å². The van der Waals surface area contributed by atoms with Gasteiger partial charge in [-0.3, -0.25) is 0 Å². The Morgan fingerprint density at radius 1 is 1.15 bits per heavy atom. The summed E-state index contributed by atoms with van der Waals surface area (Å²) < 4.78 is 11.4. The minimum Gasteiger partial charge on any atom is -0.488 e. The van der Waals surface area contributed by atoms with Crippen LogP contribution in [0.2, 0.25) is 0 Å². The molecule has 2 fully saturated rings. The quantitative estimate of drug-likeness (QED) is 0.918. The summed E-state index contributed by atoms with van der Waals surface area (Å²) in [4.78, 5) is 0. The van der Waals surface area contributed by atoms with Crippen LogP contribution in [-0.2, 0) is 10.2 Å². The molecule has 1 aliphatic heterocycles. The van der Waals surface area contributed by atoms with Gasteiger partial charge in [-0.2, -0.15) is 0 Å². The summed E-state index contributed by atoms with van der Waals surface area (Å²) in [5, 5.41) is 0. The Bertz CT molecular complexity index is 417. The highest BCUT2D eigenvalue weighted by molar-refractivity contribution is 5.33. The summed E-state index contributed by atoms with van der Waals surface area (Å²) in [6, 6.07) is 8.60. The molecule has 0 aromatic heterocycles. The molecule has 20 heavy (non-hydrogen) atoms. The summed E-state index contributed by atoms with van der Waals surface area (Å²) in [6.45, 7) is 2.34. The van der Waals surface area contributed by atoms with Crippen molar-refractivity contribution in [2.24, 2.45) is 5.73 Å². The van der Waals surface area contributed by atoms with E-state index >= 15 is 0 Å². The molecule has 1 atom stereocenters. The maximum absolute atomic E-state index is 6.04. The third-order valence-corrected chi connectivity index (χ3v) is 4.84. The summed E-state index contributed by atoms with van der Waals surface area (Å²) in [5.74, 6) is 0.953. The zero-order valence-electron chi connectivity index (χ0n) is 12.1. The number of benzene rings is 1. The Hall–Kier alpha value is -1.06. The summed E-state index contributed by atoms with van der Waals surface area (Å²) in [7, 11) is 0. The number of ether oxygens (including phenoxy) is 2. The minimum absolute atomic E-state index is 0.213. The van der Waals surface area contributed by atoms with Crippen LogP contribution in [0, 0.1) is 0 Å². The van der Waals surface area contributed by atoms with Gasteiger partial charge in [0.1, 0.15) is 11.9 Å². The standard InChI is InChI=1S/C17H25NO2/c18-13-17(9-1-2-10-17)14-5-7-15(8-6-14)20-16-4-3-11-19-12-16/h5-8,16H,1-4,9-13,18H2. The lowest BCUT2D eigenvalue weighted by Gasteiger charge is -2.28. The van der Waals surface area contributed by atoms with Crippen LogP contribution < -0.4 is 10.5 Å². The smallest absolute Gasteiger partial charge is 0.122 e. The molecule has 0 radical (unpaired) electrons. The largest absolute Gasteiger partial charge is 0.488 e. The van der Waals surface area contributed by atoms with E-state index in [1.807, 2.05) is 0 Å². The SMILES string of the molecule is NCC1(c2ccc(OC3CCCOC3)cc2)CCCC1. The molecule has 2 aliphatic rings. The highest BCUT2D eigenvalue weighted by atomic mass is 16.5. The second-order valence-electron chi connectivity index (χ2n) is 6.17. The second-order valence-corrected chi connectivity index (χ2v) is 6.17. The van der Waals surface area contributed by atoms with Gasteiger partial charge < -0.3 is 15.2 Å². The Kier molecular flexibility index (Phi) is 4.27. The molecule has 1 aromatic rings. The van der Waals surface area contributed by atoms with Crippen LogP contribution in [0.4, 0.5) is 0 Å². The molecule has 1 heterocycles. The average molecular weight is 275 g/mol. The average Bonchev–Trinajstić information content (AvgIpc) is 2.99. The molecular weight excluding hydrogens is 250 g/mol. The molecule has 0 bridgehead atoms. The molecule has 3 heteroatoms. The zero-order valence-corrected chi connectivity index (χ0v) is 12.1. The van der Waals surface area contributed by atoms with Crippen LogP contribution >= 0.6 is 0 Å². The molecule has 3 rings (SSSR count). The van der Waals surface area contributed by atoms with Gasteiger partial charge in [0.05, 0.1) is 6.61 Å². The van der Waals surface area contributed by atoms with Crippen LogP contribution in [0.15, 0.2) is 24.3 Å². The fourth-order valence-corrected chi connectivity index (χ4v) is 3.55. The van der Waals surface area contributed by atoms with Gasteiger partial charge in [0, 0.05) is 18.6 Å². The van der Waals surface area contributed by atoms with E-state index in [1.165, 1.54) is 31.2 Å². The fourth-order valence-electron chi connectivity index (χ4n) is 3.55. The summed E-state index contributed by atoms with van der Waals surface area (Å²) in [5.41, 5.74) is 7.63. The van der Waals surface area contributed by atoms with Crippen molar-refractivity contribution < 1.29 is 9.47 Å². The van der Waals surface area contributed by atoms with Crippen molar-refractivity contribution in [1.29, 1.82) is 0 Å². The lowest BCUT2D eigenvalue weighted by Crippen LogP contribution is -2.32. The van der Waals surface area contributed by atoms with E-state index < -0.39 is 0 Å². The normalized spacial score (nSPS) is 25.6. The molecular formula is C17H25NO2. The van der Waals surface area contributed by atoms with Gasteiger partial charge in [-0.05, 0) is 43.4 Å². The Labute approximate surface area is 121 Å². The van der Waals surface area contributed by atoms with E-state index in [9.17, 15) is 0 Å². The van der Waals surface area contributed by atoms with Gasteiger partial charge in [-0.25, -0.2) is 0 Å². The lowest BCUT2D eigenvalue weighted by molar-refractivity contribution is 0.00742. The molecule has 2 N–H and O–H groups in total. The van der Waals surface area contributed by atoms with Crippen molar-refractivity contribution in [2.75, 3.05) is 19.8 Å². The fraction of sp³-hybridized carbons (Fsp3) is 0.647. The molecule has 1 aliphatic carbocycles. The summed E-state index contributed by atoms with van der Waals surface area (Å²) >= 11 is 0. The topological polar surface area (TPSA) is 44.5 Å². The molecule has 0 spiro atoms. The zero-order chi connectivity index (χ0) is 13.8. The molecule has 3 nitrogen and oxygen atoms in total. The van der Waals surface area contributed by atoms with Crippen LogP contribution in [0.3, 0.4) is 0 Å². The monoisotopic (exact) mass is 275 g/mol. The number of hydrogen-bond donors (Lipinski definition) is 1. The van der Waals surface area contributed by atoms with E-state index in [1.54, 1.807) is 0 Å². The van der Waals surface area contributed by atoms with Crippen molar-refractivity contribution >= 4 is 0 Å². The van der Waals surface area contributed by atoms with Crippen LogP contribution in [-0.4, -0.2) is 25.9 Å². The lowest BCUT2D eigenvalue weighted by atomic mass is 9.79. The highest BCUT2D eigenvalue weighted by Crippen LogP contribution is 2.40. The molecule has 1 saturated carbocycles. The minimum atomic E-state index is 0.213. The van der Waals surface area contributed by atoms with Gasteiger partial charge in [0.15, 0.2) is 0 Å². The maximum Gasteiger partial charge on any atom is 0.122 e. The number of nitrogens with two attached hydrogens (primary N) is 1. The first-order valence-corrected chi connectivity index (χ1v) is 7.87. The first-order chi connectivity index (χ1) is 9.82. The highest BCUT2D eigenvalue weighted by Gasteiger charge is 2.34. The summed E-state index contributed by atoms with van der Waals surface area (Å²) in [6.07, 6.45) is 7.45. The molecule has 1 saturated heterocycles. The molecule has 1 aromatic carbocycles. The first kappa shape index (κ1) is 13.9. The maximum atomic E-state index is 6.04. The van der Waals surface area contributed by atoms with E-state index in [-0.39, 0.29) is 11.5 Å². The van der Waals surface area contributed by atoms with E-state index in [4.69, 9.17) is 15.2 Å². The van der Waals surface area contributed by atoms with E-state index in [2.05, 4.69) is 24.3 Å². The molecule has 0 amide bonds. The van der Waals surface area contributed by atoms with Crippen molar-refractivity contribution in [3.05, 3.63) is 29.8 Å². The predicted molar refractivity (Wildman–Crippen MR) is 80.1 cm³/mol. The first-order valence-electron chi connectivity index (χ1n) is 7.87. The Morgan fingerprint density at radius 3 is 2.50 bits per heavy atom. The third-order valence-electron chi connectivity index (χ3n) is 4.84. The third kappa shape index (κ3) is 2.84. The molecule has 1 unspecified atom stereocenters. The van der Waals surface area contributed by atoms with Crippen LogP contribution in [0.5, 0.6) is 5.75 Å². The Morgan fingerprint density at radius 2 is 1.90 bits per heavy atom. The van der Waals surface area contributed by atoms with Crippen molar-refractivity contribution in [3.8, 4) is 5.75 Å².